The summed E-state index contributed by atoms with van der Waals surface area (Å²) in [5.74, 6) is 0.00629. The van der Waals surface area contributed by atoms with Gasteiger partial charge in [0, 0.05) is 18.3 Å². The highest BCUT2D eigenvalue weighted by molar-refractivity contribution is 5.81. The van der Waals surface area contributed by atoms with Crippen LogP contribution in [0.2, 0.25) is 0 Å². The Morgan fingerprint density at radius 2 is 1.71 bits per heavy atom. The van der Waals surface area contributed by atoms with Gasteiger partial charge in [0.1, 0.15) is 0 Å². The molecule has 0 aliphatic heterocycles. The van der Waals surface area contributed by atoms with E-state index in [4.69, 9.17) is 0 Å². The molecule has 2 aromatic carbocycles. The van der Waals surface area contributed by atoms with Crippen LogP contribution in [0.5, 0.6) is 0 Å². The van der Waals surface area contributed by atoms with Gasteiger partial charge < -0.3 is 10.6 Å². The van der Waals surface area contributed by atoms with Crippen molar-refractivity contribution >= 4 is 11.6 Å². The van der Waals surface area contributed by atoms with Gasteiger partial charge in [0.05, 0.1) is 12.6 Å². The Hall–Kier alpha value is -2.33. The lowest BCUT2D eigenvalue weighted by Crippen LogP contribution is -2.34. The second-order valence-electron chi connectivity index (χ2n) is 7.92. The van der Waals surface area contributed by atoms with Crippen molar-refractivity contribution in [1.29, 1.82) is 0 Å². The van der Waals surface area contributed by atoms with Crippen molar-refractivity contribution < 1.29 is 4.79 Å². The standard InChI is InChI=1S/C24H33N3O/c1-19(20-11-5-3-6-12-20)26-24(28)17-25-23-16-10-9-13-21(23)18-27(2)22-14-7-4-8-15-22/h3,5-6,9-13,16,19,22,25H,4,7-8,14-15,17-18H2,1-2H3,(H,26,28)/t19-/m0/s1. The first-order valence-corrected chi connectivity index (χ1v) is 10.5. The minimum atomic E-state index is 0.00294. The maximum absolute atomic E-state index is 12.4. The van der Waals surface area contributed by atoms with Crippen molar-refractivity contribution in [2.24, 2.45) is 0 Å². The Morgan fingerprint density at radius 1 is 1.04 bits per heavy atom. The van der Waals surface area contributed by atoms with Gasteiger partial charge in [-0.3, -0.25) is 9.69 Å². The molecule has 0 saturated heterocycles. The molecule has 3 rings (SSSR count). The average Bonchev–Trinajstić information content (AvgIpc) is 2.74. The Bertz CT molecular complexity index is 741. The minimum absolute atomic E-state index is 0.00294. The number of carbonyl (C=O) groups excluding carboxylic acids is 1. The second-order valence-corrected chi connectivity index (χ2v) is 7.92. The molecule has 1 fully saturated rings. The molecule has 0 aromatic heterocycles. The molecule has 0 spiro atoms. The molecule has 1 amide bonds. The monoisotopic (exact) mass is 379 g/mol. The highest BCUT2D eigenvalue weighted by Crippen LogP contribution is 2.24. The molecule has 28 heavy (non-hydrogen) atoms. The summed E-state index contributed by atoms with van der Waals surface area (Å²) in [5.41, 5.74) is 3.41. The molecular weight excluding hydrogens is 346 g/mol. The number of para-hydroxylation sites is 1. The summed E-state index contributed by atoms with van der Waals surface area (Å²) >= 11 is 0. The molecule has 0 radical (unpaired) electrons. The molecule has 1 aliphatic rings. The normalized spacial score (nSPS) is 16.0. The van der Waals surface area contributed by atoms with E-state index in [0.717, 1.165) is 17.8 Å². The van der Waals surface area contributed by atoms with E-state index in [-0.39, 0.29) is 18.5 Å². The van der Waals surface area contributed by atoms with E-state index in [2.05, 4.69) is 40.8 Å². The van der Waals surface area contributed by atoms with Crippen LogP contribution in [0.3, 0.4) is 0 Å². The Morgan fingerprint density at radius 3 is 2.46 bits per heavy atom. The summed E-state index contributed by atoms with van der Waals surface area (Å²) in [6.07, 6.45) is 6.65. The highest BCUT2D eigenvalue weighted by Gasteiger charge is 2.19. The van der Waals surface area contributed by atoms with Gasteiger partial charge in [0.15, 0.2) is 0 Å². The topological polar surface area (TPSA) is 44.4 Å². The predicted octanol–water partition coefficient (Wildman–Crippen LogP) is 4.74. The molecule has 1 saturated carbocycles. The molecule has 0 heterocycles. The zero-order valence-corrected chi connectivity index (χ0v) is 17.2. The lowest BCUT2D eigenvalue weighted by Gasteiger charge is -2.31. The molecule has 1 atom stereocenters. The number of hydrogen-bond acceptors (Lipinski definition) is 3. The quantitative estimate of drug-likeness (QED) is 0.696. The zero-order chi connectivity index (χ0) is 19.8. The van der Waals surface area contributed by atoms with Crippen LogP contribution < -0.4 is 10.6 Å². The lowest BCUT2D eigenvalue weighted by atomic mass is 9.94. The van der Waals surface area contributed by atoms with Gasteiger partial charge in [0.2, 0.25) is 5.91 Å². The molecular formula is C24H33N3O. The minimum Gasteiger partial charge on any atom is -0.376 e. The van der Waals surface area contributed by atoms with E-state index in [9.17, 15) is 4.79 Å². The molecule has 0 bridgehead atoms. The highest BCUT2D eigenvalue weighted by atomic mass is 16.1. The Kier molecular flexibility index (Phi) is 7.49. The number of nitrogens with one attached hydrogen (secondary N) is 2. The number of hydrogen-bond donors (Lipinski definition) is 2. The lowest BCUT2D eigenvalue weighted by molar-refractivity contribution is -0.120. The van der Waals surface area contributed by atoms with Gasteiger partial charge in [0.25, 0.3) is 0 Å². The number of amides is 1. The van der Waals surface area contributed by atoms with Gasteiger partial charge in [-0.05, 0) is 44.0 Å². The summed E-state index contributed by atoms with van der Waals surface area (Å²) in [6.45, 7) is 3.21. The van der Waals surface area contributed by atoms with Crippen molar-refractivity contribution in [1.82, 2.24) is 10.2 Å². The summed E-state index contributed by atoms with van der Waals surface area (Å²) in [5, 5.41) is 6.41. The fourth-order valence-corrected chi connectivity index (χ4v) is 4.04. The van der Waals surface area contributed by atoms with Crippen molar-refractivity contribution in [3.05, 3.63) is 65.7 Å². The van der Waals surface area contributed by atoms with E-state index in [0.29, 0.717) is 6.04 Å². The van der Waals surface area contributed by atoms with Gasteiger partial charge >= 0.3 is 0 Å². The average molecular weight is 380 g/mol. The number of anilines is 1. The first-order chi connectivity index (χ1) is 13.6. The van der Waals surface area contributed by atoms with Crippen LogP contribution in [0.25, 0.3) is 0 Å². The van der Waals surface area contributed by atoms with Crippen molar-refractivity contribution in [3.63, 3.8) is 0 Å². The van der Waals surface area contributed by atoms with Crippen LogP contribution in [0, 0.1) is 0 Å². The van der Waals surface area contributed by atoms with Crippen LogP contribution in [0.15, 0.2) is 54.6 Å². The van der Waals surface area contributed by atoms with Crippen molar-refractivity contribution in [3.8, 4) is 0 Å². The predicted molar refractivity (Wildman–Crippen MR) is 116 cm³/mol. The van der Waals surface area contributed by atoms with E-state index < -0.39 is 0 Å². The summed E-state index contributed by atoms with van der Waals surface area (Å²) in [4.78, 5) is 14.9. The number of rotatable bonds is 8. The van der Waals surface area contributed by atoms with E-state index in [1.807, 2.05) is 43.3 Å². The second kappa shape index (κ2) is 10.3. The molecule has 4 heteroatoms. The molecule has 2 N–H and O–H groups in total. The summed E-state index contributed by atoms with van der Waals surface area (Å²) in [6, 6.07) is 19.1. The molecule has 1 aliphatic carbocycles. The third-order valence-corrected chi connectivity index (χ3v) is 5.75. The largest absolute Gasteiger partial charge is 0.376 e. The number of carbonyl (C=O) groups is 1. The van der Waals surface area contributed by atoms with Crippen molar-refractivity contribution in [2.45, 2.75) is 57.7 Å². The SMILES string of the molecule is C[C@H](NC(=O)CNc1ccccc1CN(C)C1CCCCC1)c1ccccc1. The maximum Gasteiger partial charge on any atom is 0.239 e. The number of nitrogens with zero attached hydrogens (tertiary/aromatic N) is 1. The fourth-order valence-electron chi connectivity index (χ4n) is 4.04. The molecule has 0 unspecified atom stereocenters. The third-order valence-electron chi connectivity index (χ3n) is 5.75. The summed E-state index contributed by atoms with van der Waals surface area (Å²) in [7, 11) is 2.22. The Labute approximate surface area is 169 Å². The number of benzene rings is 2. The molecule has 2 aromatic rings. The maximum atomic E-state index is 12.4. The van der Waals surface area contributed by atoms with Gasteiger partial charge in [-0.1, -0.05) is 67.8 Å². The van der Waals surface area contributed by atoms with Crippen LogP contribution in [-0.4, -0.2) is 30.4 Å². The fraction of sp³-hybridized carbons (Fsp3) is 0.458. The van der Waals surface area contributed by atoms with Crippen LogP contribution in [0.4, 0.5) is 5.69 Å². The van der Waals surface area contributed by atoms with Gasteiger partial charge in [-0.25, -0.2) is 0 Å². The molecule has 4 nitrogen and oxygen atoms in total. The van der Waals surface area contributed by atoms with Gasteiger partial charge in [-0.2, -0.15) is 0 Å². The smallest absolute Gasteiger partial charge is 0.239 e. The first-order valence-electron chi connectivity index (χ1n) is 10.5. The van der Waals surface area contributed by atoms with Gasteiger partial charge in [-0.15, -0.1) is 0 Å². The molecule has 150 valence electrons. The zero-order valence-electron chi connectivity index (χ0n) is 17.2. The van der Waals surface area contributed by atoms with E-state index >= 15 is 0 Å². The van der Waals surface area contributed by atoms with E-state index in [1.165, 1.54) is 37.7 Å². The van der Waals surface area contributed by atoms with Crippen molar-refractivity contribution in [2.75, 3.05) is 18.9 Å². The van der Waals surface area contributed by atoms with Crippen LogP contribution in [-0.2, 0) is 11.3 Å². The first kappa shape index (κ1) is 20.4. The van der Waals surface area contributed by atoms with Crippen LogP contribution in [0.1, 0.15) is 56.2 Å². The third kappa shape index (κ3) is 5.83. The van der Waals surface area contributed by atoms with E-state index in [1.54, 1.807) is 0 Å². The Balaban J connectivity index is 1.53. The summed E-state index contributed by atoms with van der Waals surface area (Å²) < 4.78 is 0. The van der Waals surface area contributed by atoms with Crippen LogP contribution >= 0.6 is 0 Å².